The van der Waals surface area contributed by atoms with Crippen molar-refractivity contribution in [3.63, 3.8) is 0 Å². The van der Waals surface area contributed by atoms with Gasteiger partial charge in [0, 0.05) is 24.8 Å². The number of methoxy groups -OCH3 is 1. The van der Waals surface area contributed by atoms with Crippen molar-refractivity contribution in [1.82, 2.24) is 5.32 Å². The van der Waals surface area contributed by atoms with Crippen LogP contribution in [0.3, 0.4) is 0 Å². The second-order valence-corrected chi connectivity index (χ2v) is 3.61. The standard InChI is InChI=1S/C12H19NO2/c1-10(7-8-14)13-9-11-5-3-4-6-12(11)15-2/h3-6,10,13-14H,7-9H2,1-2H3. The van der Waals surface area contributed by atoms with Gasteiger partial charge in [0.25, 0.3) is 0 Å². The molecule has 0 amide bonds. The van der Waals surface area contributed by atoms with Crippen molar-refractivity contribution in [2.45, 2.75) is 25.9 Å². The quantitative estimate of drug-likeness (QED) is 0.747. The summed E-state index contributed by atoms with van der Waals surface area (Å²) in [7, 11) is 1.68. The zero-order chi connectivity index (χ0) is 11.1. The molecule has 0 bridgehead atoms. The van der Waals surface area contributed by atoms with Crippen LogP contribution in [-0.4, -0.2) is 24.9 Å². The van der Waals surface area contributed by atoms with E-state index in [0.717, 1.165) is 24.3 Å². The summed E-state index contributed by atoms with van der Waals surface area (Å²) in [4.78, 5) is 0. The highest BCUT2D eigenvalue weighted by Gasteiger charge is 2.03. The summed E-state index contributed by atoms with van der Waals surface area (Å²) in [6, 6.07) is 8.26. The van der Waals surface area contributed by atoms with Gasteiger partial charge in [0.15, 0.2) is 0 Å². The number of benzene rings is 1. The molecule has 0 aromatic heterocycles. The van der Waals surface area contributed by atoms with E-state index in [9.17, 15) is 0 Å². The predicted octanol–water partition coefficient (Wildman–Crippen LogP) is 1.56. The Balaban J connectivity index is 2.49. The summed E-state index contributed by atoms with van der Waals surface area (Å²) in [5.41, 5.74) is 1.14. The zero-order valence-electron chi connectivity index (χ0n) is 9.36. The largest absolute Gasteiger partial charge is 0.496 e. The topological polar surface area (TPSA) is 41.5 Å². The molecule has 3 nitrogen and oxygen atoms in total. The van der Waals surface area contributed by atoms with Gasteiger partial charge in [0.2, 0.25) is 0 Å². The van der Waals surface area contributed by atoms with Crippen LogP contribution in [-0.2, 0) is 6.54 Å². The van der Waals surface area contributed by atoms with E-state index >= 15 is 0 Å². The number of aliphatic hydroxyl groups excluding tert-OH is 1. The van der Waals surface area contributed by atoms with Crippen molar-refractivity contribution < 1.29 is 9.84 Å². The minimum Gasteiger partial charge on any atom is -0.496 e. The fourth-order valence-corrected chi connectivity index (χ4v) is 1.43. The molecule has 3 heteroatoms. The molecule has 0 saturated carbocycles. The Morgan fingerprint density at radius 3 is 2.80 bits per heavy atom. The molecule has 2 N–H and O–H groups in total. The summed E-state index contributed by atoms with van der Waals surface area (Å²) >= 11 is 0. The lowest BCUT2D eigenvalue weighted by Crippen LogP contribution is -2.26. The summed E-state index contributed by atoms with van der Waals surface area (Å²) in [6.45, 7) is 3.05. The molecule has 0 spiro atoms. The third kappa shape index (κ3) is 3.90. The van der Waals surface area contributed by atoms with Gasteiger partial charge in [0.1, 0.15) is 5.75 Å². The number of para-hydroxylation sites is 1. The average molecular weight is 209 g/mol. The van der Waals surface area contributed by atoms with Crippen LogP contribution in [0.15, 0.2) is 24.3 Å². The monoisotopic (exact) mass is 209 g/mol. The molecule has 0 aliphatic rings. The fraction of sp³-hybridized carbons (Fsp3) is 0.500. The van der Waals surface area contributed by atoms with Crippen molar-refractivity contribution in [3.8, 4) is 5.75 Å². The normalized spacial score (nSPS) is 12.5. The van der Waals surface area contributed by atoms with Gasteiger partial charge in [-0.1, -0.05) is 18.2 Å². The Labute approximate surface area is 91.1 Å². The molecule has 0 radical (unpaired) electrons. The molecule has 1 atom stereocenters. The zero-order valence-corrected chi connectivity index (χ0v) is 9.36. The highest BCUT2D eigenvalue weighted by molar-refractivity contribution is 5.32. The highest BCUT2D eigenvalue weighted by Crippen LogP contribution is 2.16. The van der Waals surface area contributed by atoms with Gasteiger partial charge in [-0.2, -0.15) is 0 Å². The van der Waals surface area contributed by atoms with E-state index in [-0.39, 0.29) is 6.61 Å². The van der Waals surface area contributed by atoms with Crippen LogP contribution in [0.4, 0.5) is 0 Å². The minimum atomic E-state index is 0.222. The summed E-state index contributed by atoms with van der Waals surface area (Å²) in [5.74, 6) is 0.904. The Bertz CT molecular complexity index is 289. The van der Waals surface area contributed by atoms with Gasteiger partial charge in [-0.05, 0) is 19.4 Å². The second-order valence-electron chi connectivity index (χ2n) is 3.61. The number of hydrogen-bond donors (Lipinski definition) is 2. The summed E-state index contributed by atoms with van der Waals surface area (Å²) < 4.78 is 5.25. The van der Waals surface area contributed by atoms with Crippen LogP contribution in [0.2, 0.25) is 0 Å². The Hall–Kier alpha value is -1.06. The molecule has 0 aliphatic carbocycles. The van der Waals surface area contributed by atoms with Crippen molar-refractivity contribution in [2.75, 3.05) is 13.7 Å². The van der Waals surface area contributed by atoms with Crippen molar-refractivity contribution >= 4 is 0 Å². The van der Waals surface area contributed by atoms with Crippen LogP contribution < -0.4 is 10.1 Å². The molecular formula is C12H19NO2. The van der Waals surface area contributed by atoms with Gasteiger partial charge in [-0.25, -0.2) is 0 Å². The predicted molar refractivity (Wildman–Crippen MR) is 61.0 cm³/mol. The Kier molecular flexibility index (Phi) is 5.15. The molecule has 0 fully saturated rings. The van der Waals surface area contributed by atoms with Gasteiger partial charge < -0.3 is 15.2 Å². The van der Waals surface area contributed by atoms with E-state index in [1.807, 2.05) is 24.3 Å². The minimum absolute atomic E-state index is 0.222. The fourth-order valence-electron chi connectivity index (χ4n) is 1.43. The molecule has 15 heavy (non-hydrogen) atoms. The van der Waals surface area contributed by atoms with E-state index in [4.69, 9.17) is 9.84 Å². The first-order chi connectivity index (χ1) is 7.27. The number of ether oxygens (including phenoxy) is 1. The van der Waals surface area contributed by atoms with Crippen molar-refractivity contribution in [3.05, 3.63) is 29.8 Å². The first kappa shape index (κ1) is 12.0. The molecule has 0 saturated heterocycles. The van der Waals surface area contributed by atoms with Crippen LogP contribution in [0.5, 0.6) is 5.75 Å². The van der Waals surface area contributed by atoms with E-state index in [2.05, 4.69) is 12.2 Å². The molecule has 1 unspecified atom stereocenters. The second kappa shape index (κ2) is 6.43. The van der Waals surface area contributed by atoms with Crippen LogP contribution in [0.1, 0.15) is 18.9 Å². The molecule has 0 aliphatic heterocycles. The molecule has 1 aromatic rings. The molecule has 0 heterocycles. The average Bonchev–Trinajstić information content (AvgIpc) is 2.27. The maximum atomic E-state index is 8.77. The highest BCUT2D eigenvalue weighted by atomic mass is 16.5. The first-order valence-electron chi connectivity index (χ1n) is 5.24. The number of nitrogens with one attached hydrogen (secondary N) is 1. The number of aliphatic hydroxyl groups is 1. The lowest BCUT2D eigenvalue weighted by Gasteiger charge is -2.14. The molecule has 84 valence electrons. The number of hydrogen-bond acceptors (Lipinski definition) is 3. The Morgan fingerprint density at radius 2 is 2.13 bits per heavy atom. The SMILES string of the molecule is COc1ccccc1CNC(C)CCO. The Morgan fingerprint density at radius 1 is 1.40 bits per heavy atom. The van der Waals surface area contributed by atoms with Gasteiger partial charge >= 0.3 is 0 Å². The summed E-state index contributed by atoms with van der Waals surface area (Å²) in [5, 5.41) is 12.1. The molecule has 1 rings (SSSR count). The first-order valence-corrected chi connectivity index (χ1v) is 5.24. The van der Waals surface area contributed by atoms with Gasteiger partial charge in [-0.15, -0.1) is 0 Å². The van der Waals surface area contributed by atoms with Crippen LogP contribution >= 0.6 is 0 Å². The van der Waals surface area contributed by atoms with Gasteiger partial charge in [0.05, 0.1) is 7.11 Å². The van der Waals surface area contributed by atoms with E-state index in [1.54, 1.807) is 7.11 Å². The maximum absolute atomic E-state index is 8.77. The third-order valence-electron chi connectivity index (χ3n) is 2.40. The van der Waals surface area contributed by atoms with E-state index in [1.165, 1.54) is 0 Å². The van der Waals surface area contributed by atoms with Gasteiger partial charge in [-0.3, -0.25) is 0 Å². The summed E-state index contributed by atoms with van der Waals surface area (Å²) in [6.07, 6.45) is 0.773. The van der Waals surface area contributed by atoms with Crippen molar-refractivity contribution in [1.29, 1.82) is 0 Å². The van der Waals surface area contributed by atoms with E-state index < -0.39 is 0 Å². The van der Waals surface area contributed by atoms with E-state index in [0.29, 0.717) is 6.04 Å². The number of rotatable bonds is 6. The lowest BCUT2D eigenvalue weighted by atomic mass is 10.1. The molecule has 1 aromatic carbocycles. The third-order valence-corrected chi connectivity index (χ3v) is 2.40. The van der Waals surface area contributed by atoms with Crippen molar-refractivity contribution in [2.24, 2.45) is 0 Å². The smallest absolute Gasteiger partial charge is 0.123 e. The lowest BCUT2D eigenvalue weighted by molar-refractivity contribution is 0.268. The van der Waals surface area contributed by atoms with Crippen LogP contribution in [0, 0.1) is 0 Å². The van der Waals surface area contributed by atoms with Crippen LogP contribution in [0.25, 0.3) is 0 Å². The maximum Gasteiger partial charge on any atom is 0.123 e. The molecular weight excluding hydrogens is 190 g/mol.